The summed E-state index contributed by atoms with van der Waals surface area (Å²) in [6.45, 7) is 10.4. The van der Waals surface area contributed by atoms with E-state index in [1.165, 1.54) is 5.56 Å². The van der Waals surface area contributed by atoms with Gasteiger partial charge in [0.05, 0.1) is 17.9 Å². The molecule has 0 aliphatic heterocycles. The standard InChI is InChI=1S/C23H30N6/c1-5-24-23(25-13-12-20-11-10-17(2)26-15-20)27-16-21-8-6-7-9-22(21)29-19(4)14-18(3)28-29/h6-11,14-15H,5,12-13,16H2,1-4H3,(H2,24,25,27). The Morgan fingerprint density at radius 2 is 1.86 bits per heavy atom. The highest BCUT2D eigenvalue weighted by atomic mass is 15.3. The number of benzene rings is 1. The summed E-state index contributed by atoms with van der Waals surface area (Å²) in [4.78, 5) is 9.14. The van der Waals surface area contributed by atoms with Crippen molar-refractivity contribution in [2.24, 2.45) is 4.99 Å². The second-order valence-corrected chi connectivity index (χ2v) is 7.15. The predicted octanol–water partition coefficient (Wildman–Crippen LogP) is 3.49. The first-order valence-electron chi connectivity index (χ1n) is 10.1. The molecule has 3 aromatic rings. The number of pyridine rings is 1. The van der Waals surface area contributed by atoms with Gasteiger partial charge < -0.3 is 10.6 Å². The number of rotatable bonds is 7. The van der Waals surface area contributed by atoms with Gasteiger partial charge in [-0.2, -0.15) is 5.10 Å². The summed E-state index contributed by atoms with van der Waals surface area (Å²) in [6, 6.07) is 14.5. The first kappa shape index (κ1) is 20.6. The molecule has 0 aliphatic carbocycles. The molecule has 2 aromatic heterocycles. The summed E-state index contributed by atoms with van der Waals surface area (Å²) in [5.41, 5.74) is 6.60. The van der Waals surface area contributed by atoms with Crippen LogP contribution in [0, 0.1) is 20.8 Å². The van der Waals surface area contributed by atoms with E-state index >= 15 is 0 Å². The number of para-hydroxylation sites is 1. The molecule has 1 aromatic carbocycles. The molecular weight excluding hydrogens is 360 g/mol. The molecule has 0 unspecified atom stereocenters. The number of hydrogen-bond donors (Lipinski definition) is 2. The van der Waals surface area contributed by atoms with E-state index in [-0.39, 0.29) is 0 Å². The minimum atomic E-state index is 0.579. The topological polar surface area (TPSA) is 67.1 Å². The smallest absolute Gasteiger partial charge is 0.191 e. The number of aromatic nitrogens is 3. The van der Waals surface area contributed by atoms with Crippen LogP contribution in [-0.2, 0) is 13.0 Å². The Hall–Kier alpha value is -3.15. The molecule has 0 aliphatic rings. The van der Waals surface area contributed by atoms with Crippen LogP contribution in [0.2, 0.25) is 0 Å². The third-order valence-corrected chi connectivity index (χ3v) is 4.66. The third kappa shape index (κ3) is 5.67. The van der Waals surface area contributed by atoms with Gasteiger partial charge >= 0.3 is 0 Å². The molecule has 2 N–H and O–H groups in total. The SMILES string of the molecule is CCNC(=NCc1ccccc1-n1nc(C)cc1C)NCCc1ccc(C)nc1. The van der Waals surface area contributed by atoms with Crippen LogP contribution in [0.3, 0.4) is 0 Å². The van der Waals surface area contributed by atoms with Gasteiger partial charge in [0.15, 0.2) is 5.96 Å². The maximum Gasteiger partial charge on any atom is 0.191 e. The Labute approximate surface area is 173 Å². The molecule has 0 saturated carbocycles. The van der Waals surface area contributed by atoms with Crippen molar-refractivity contribution < 1.29 is 0 Å². The molecular formula is C23H30N6. The van der Waals surface area contributed by atoms with E-state index in [0.29, 0.717) is 6.54 Å². The summed E-state index contributed by atoms with van der Waals surface area (Å²) in [6.07, 6.45) is 2.84. The van der Waals surface area contributed by atoms with Crippen molar-refractivity contribution in [2.75, 3.05) is 13.1 Å². The molecule has 0 amide bonds. The molecule has 0 fully saturated rings. The average molecular weight is 391 g/mol. The quantitative estimate of drug-likeness (QED) is 0.479. The zero-order valence-corrected chi connectivity index (χ0v) is 17.7. The van der Waals surface area contributed by atoms with E-state index in [1.807, 2.05) is 42.9 Å². The second-order valence-electron chi connectivity index (χ2n) is 7.15. The lowest BCUT2D eigenvalue weighted by Crippen LogP contribution is -2.38. The highest BCUT2D eigenvalue weighted by molar-refractivity contribution is 5.79. The number of aliphatic imine (C=N–C) groups is 1. The largest absolute Gasteiger partial charge is 0.357 e. The fourth-order valence-electron chi connectivity index (χ4n) is 3.20. The lowest BCUT2D eigenvalue weighted by Gasteiger charge is -2.13. The molecule has 0 bridgehead atoms. The number of hydrogen-bond acceptors (Lipinski definition) is 3. The summed E-state index contributed by atoms with van der Waals surface area (Å²) in [5.74, 6) is 0.816. The van der Waals surface area contributed by atoms with E-state index in [0.717, 1.165) is 53.8 Å². The van der Waals surface area contributed by atoms with Crippen LogP contribution in [0.1, 0.15) is 35.1 Å². The average Bonchev–Trinajstić information content (AvgIpc) is 3.05. The van der Waals surface area contributed by atoms with Gasteiger partial charge in [-0.05, 0) is 63.4 Å². The Bertz CT molecular complexity index is 956. The molecule has 0 saturated heterocycles. The van der Waals surface area contributed by atoms with Crippen LogP contribution in [-0.4, -0.2) is 33.8 Å². The van der Waals surface area contributed by atoms with E-state index in [4.69, 9.17) is 4.99 Å². The maximum absolute atomic E-state index is 4.79. The molecule has 3 rings (SSSR count). The van der Waals surface area contributed by atoms with Crippen molar-refractivity contribution in [3.05, 3.63) is 76.9 Å². The van der Waals surface area contributed by atoms with E-state index in [1.54, 1.807) is 0 Å². The van der Waals surface area contributed by atoms with Gasteiger partial charge in [-0.25, -0.2) is 9.67 Å². The normalized spacial score (nSPS) is 11.5. The van der Waals surface area contributed by atoms with Crippen LogP contribution in [0.4, 0.5) is 0 Å². The lowest BCUT2D eigenvalue weighted by atomic mass is 10.2. The van der Waals surface area contributed by atoms with Crippen molar-refractivity contribution >= 4 is 5.96 Å². The summed E-state index contributed by atoms with van der Waals surface area (Å²) >= 11 is 0. The van der Waals surface area contributed by atoms with Crippen LogP contribution in [0.15, 0.2) is 53.7 Å². The Balaban J connectivity index is 1.68. The fourth-order valence-corrected chi connectivity index (χ4v) is 3.20. The molecule has 6 nitrogen and oxygen atoms in total. The Kier molecular flexibility index (Phi) is 7.00. The number of nitrogens with zero attached hydrogens (tertiary/aromatic N) is 4. The summed E-state index contributed by atoms with van der Waals surface area (Å²) in [7, 11) is 0. The predicted molar refractivity (Wildman–Crippen MR) is 119 cm³/mol. The van der Waals surface area contributed by atoms with E-state index in [9.17, 15) is 0 Å². The van der Waals surface area contributed by atoms with Crippen molar-refractivity contribution in [1.82, 2.24) is 25.4 Å². The van der Waals surface area contributed by atoms with Crippen LogP contribution >= 0.6 is 0 Å². The molecule has 29 heavy (non-hydrogen) atoms. The van der Waals surface area contributed by atoms with Crippen molar-refractivity contribution in [1.29, 1.82) is 0 Å². The van der Waals surface area contributed by atoms with Crippen molar-refractivity contribution in [3.63, 3.8) is 0 Å². The number of guanidine groups is 1. The number of aryl methyl sites for hydroxylation is 3. The van der Waals surface area contributed by atoms with Gasteiger partial charge in [0, 0.05) is 30.7 Å². The van der Waals surface area contributed by atoms with Gasteiger partial charge in [-0.15, -0.1) is 0 Å². The first-order valence-corrected chi connectivity index (χ1v) is 10.1. The maximum atomic E-state index is 4.79. The highest BCUT2D eigenvalue weighted by Gasteiger charge is 2.08. The van der Waals surface area contributed by atoms with Crippen molar-refractivity contribution in [3.8, 4) is 5.69 Å². The van der Waals surface area contributed by atoms with Gasteiger partial charge in [0.25, 0.3) is 0 Å². The number of nitrogens with one attached hydrogen (secondary N) is 2. The minimum Gasteiger partial charge on any atom is -0.357 e. The molecule has 0 spiro atoms. The fraction of sp³-hybridized carbons (Fsp3) is 0.348. The molecule has 6 heteroatoms. The minimum absolute atomic E-state index is 0.579. The van der Waals surface area contributed by atoms with Gasteiger partial charge in [0.1, 0.15) is 0 Å². The van der Waals surface area contributed by atoms with Gasteiger partial charge in [-0.1, -0.05) is 24.3 Å². The second kappa shape index (κ2) is 9.87. The monoisotopic (exact) mass is 390 g/mol. The van der Waals surface area contributed by atoms with E-state index in [2.05, 4.69) is 58.8 Å². The van der Waals surface area contributed by atoms with Gasteiger partial charge in [0.2, 0.25) is 0 Å². The molecule has 0 radical (unpaired) electrons. The van der Waals surface area contributed by atoms with Crippen LogP contribution in [0.25, 0.3) is 5.69 Å². The van der Waals surface area contributed by atoms with Crippen LogP contribution < -0.4 is 10.6 Å². The van der Waals surface area contributed by atoms with E-state index < -0.39 is 0 Å². The molecule has 152 valence electrons. The first-order chi connectivity index (χ1) is 14.1. The van der Waals surface area contributed by atoms with Gasteiger partial charge in [-0.3, -0.25) is 4.98 Å². The molecule has 0 atom stereocenters. The summed E-state index contributed by atoms with van der Waals surface area (Å²) in [5, 5.41) is 11.4. The zero-order chi connectivity index (χ0) is 20.6. The highest BCUT2D eigenvalue weighted by Crippen LogP contribution is 2.17. The van der Waals surface area contributed by atoms with Crippen molar-refractivity contribution in [2.45, 2.75) is 40.7 Å². The lowest BCUT2D eigenvalue weighted by molar-refractivity contribution is 0.790. The summed E-state index contributed by atoms with van der Waals surface area (Å²) < 4.78 is 1.99. The Morgan fingerprint density at radius 1 is 1.03 bits per heavy atom. The molecule has 2 heterocycles. The van der Waals surface area contributed by atoms with Crippen LogP contribution in [0.5, 0.6) is 0 Å². The zero-order valence-electron chi connectivity index (χ0n) is 17.7. The Morgan fingerprint density at radius 3 is 2.55 bits per heavy atom. The third-order valence-electron chi connectivity index (χ3n) is 4.66.